The van der Waals surface area contributed by atoms with E-state index in [0.717, 1.165) is 5.56 Å². The Labute approximate surface area is 132 Å². The Balaban J connectivity index is 2.02. The zero-order valence-electron chi connectivity index (χ0n) is 12.6. The Morgan fingerprint density at radius 2 is 2.09 bits per heavy atom. The fourth-order valence-electron chi connectivity index (χ4n) is 1.87. The largest absolute Gasteiger partial charge is 0.495 e. The maximum atomic E-state index is 12.1. The molecule has 1 aromatic carbocycles. The first-order chi connectivity index (χ1) is 10.5. The number of hydrogen-bond acceptors (Lipinski definition) is 5. The maximum absolute atomic E-state index is 12.1. The number of anilines is 2. The summed E-state index contributed by atoms with van der Waals surface area (Å²) in [7, 11) is 1.56. The molecule has 0 bridgehead atoms. The van der Waals surface area contributed by atoms with Gasteiger partial charge in [-0.25, -0.2) is 4.98 Å². The van der Waals surface area contributed by atoms with Crippen molar-refractivity contribution in [3.05, 3.63) is 34.8 Å². The molecule has 7 heteroatoms. The van der Waals surface area contributed by atoms with E-state index in [9.17, 15) is 9.59 Å². The van der Waals surface area contributed by atoms with Crippen LogP contribution in [0, 0.1) is 6.92 Å². The van der Waals surface area contributed by atoms with Crippen molar-refractivity contribution < 1.29 is 14.3 Å². The van der Waals surface area contributed by atoms with Gasteiger partial charge in [0.1, 0.15) is 5.75 Å². The van der Waals surface area contributed by atoms with E-state index in [0.29, 0.717) is 22.3 Å². The molecular weight excluding hydrogens is 302 g/mol. The van der Waals surface area contributed by atoms with Gasteiger partial charge >= 0.3 is 0 Å². The second kappa shape index (κ2) is 7.04. The van der Waals surface area contributed by atoms with Gasteiger partial charge in [0.25, 0.3) is 0 Å². The van der Waals surface area contributed by atoms with Crippen LogP contribution in [0.25, 0.3) is 0 Å². The van der Waals surface area contributed by atoms with Gasteiger partial charge < -0.3 is 15.4 Å². The van der Waals surface area contributed by atoms with Gasteiger partial charge in [0.2, 0.25) is 11.8 Å². The van der Waals surface area contributed by atoms with Gasteiger partial charge in [0.05, 0.1) is 24.9 Å². The van der Waals surface area contributed by atoms with Crippen molar-refractivity contribution >= 4 is 34.0 Å². The molecule has 0 aliphatic heterocycles. The lowest BCUT2D eigenvalue weighted by atomic mass is 10.2. The highest BCUT2D eigenvalue weighted by molar-refractivity contribution is 7.13. The smallest absolute Gasteiger partial charge is 0.230 e. The van der Waals surface area contributed by atoms with Crippen LogP contribution < -0.4 is 15.4 Å². The topological polar surface area (TPSA) is 80.3 Å². The first kappa shape index (κ1) is 16.0. The van der Waals surface area contributed by atoms with Crippen LogP contribution in [-0.2, 0) is 16.0 Å². The average molecular weight is 319 g/mol. The number of ether oxygens (including phenoxy) is 1. The number of aromatic nitrogens is 1. The zero-order valence-corrected chi connectivity index (χ0v) is 13.4. The van der Waals surface area contributed by atoms with E-state index in [1.165, 1.54) is 18.3 Å². The fourth-order valence-corrected chi connectivity index (χ4v) is 2.63. The minimum atomic E-state index is -0.191. The predicted molar refractivity (Wildman–Crippen MR) is 86.5 cm³/mol. The highest BCUT2D eigenvalue weighted by atomic mass is 32.1. The van der Waals surface area contributed by atoms with Crippen molar-refractivity contribution in [2.45, 2.75) is 20.3 Å². The summed E-state index contributed by atoms with van der Waals surface area (Å²) in [4.78, 5) is 27.2. The Kier molecular flexibility index (Phi) is 5.11. The lowest BCUT2D eigenvalue weighted by Gasteiger charge is -2.10. The minimum Gasteiger partial charge on any atom is -0.495 e. The first-order valence-corrected chi connectivity index (χ1v) is 7.52. The third-order valence-electron chi connectivity index (χ3n) is 2.81. The Morgan fingerprint density at radius 1 is 1.32 bits per heavy atom. The van der Waals surface area contributed by atoms with Gasteiger partial charge in [-0.2, -0.15) is 0 Å². The van der Waals surface area contributed by atoms with Crippen LogP contribution in [0.3, 0.4) is 0 Å². The summed E-state index contributed by atoms with van der Waals surface area (Å²) in [5, 5.41) is 7.64. The number of methoxy groups -OCH3 is 1. The van der Waals surface area contributed by atoms with Crippen LogP contribution in [0.4, 0.5) is 10.8 Å². The molecule has 22 heavy (non-hydrogen) atoms. The van der Waals surface area contributed by atoms with E-state index in [4.69, 9.17) is 4.74 Å². The molecule has 0 saturated heterocycles. The molecule has 2 amide bonds. The van der Waals surface area contributed by atoms with Gasteiger partial charge in [-0.05, 0) is 24.6 Å². The number of thiazole rings is 1. The molecule has 2 aromatic rings. The summed E-state index contributed by atoms with van der Waals surface area (Å²) in [5.41, 5.74) is 2.26. The predicted octanol–water partition coefficient (Wildman–Crippen LogP) is 2.60. The molecule has 0 aliphatic rings. The summed E-state index contributed by atoms with van der Waals surface area (Å²) >= 11 is 1.29. The summed E-state index contributed by atoms with van der Waals surface area (Å²) in [6.07, 6.45) is 0.132. The van der Waals surface area contributed by atoms with Crippen molar-refractivity contribution in [1.82, 2.24) is 4.98 Å². The minimum absolute atomic E-state index is 0.132. The molecule has 0 atom stereocenters. The van der Waals surface area contributed by atoms with Crippen LogP contribution in [-0.4, -0.2) is 23.9 Å². The monoisotopic (exact) mass is 319 g/mol. The molecular formula is C15H17N3O3S. The molecule has 0 spiro atoms. The van der Waals surface area contributed by atoms with Crippen molar-refractivity contribution in [3.8, 4) is 5.75 Å². The number of rotatable bonds is 5. The van der Waals surface area contributed by atoms with Gasteiger partial charge in [0, 0.05) is 12.3 Å². The molecule has 0 saturated carbocycles. The van der Waals surface area contributed by atoms with Crippen LogP contribution in [0.5, 0.6) is 5.75 Å². The van der Waals surface area contributed by atoms with Crippen LogP contribution in [0.15, 0.2) is 23.6 Å². The molecule has 2 N–H and O–H groups in total. The van der Waals surface area contributed by atoms with Gasteiger partial charge in [-0.3, -0.25) is 9.59 Å². The zero-order chi connectivity index (χ0) is 16.1. The quantitative estimate of drug-likeness (QED) is 0.887. The van der Waals surface area contributed by atoms with Crippen LogP contribution >= 0.6 is 11.3 Å². The highest BCUT2D eigenvalue weighted by Gasteiger charge is 2.11. The van der Waals surface area contributed by atoms with Crippen LogP contribution in [0.2, 0.25) is 0 Å². The van der Waals surface area contributed by atoms with E-state index in [1.54, 1.807) is 12.5 Å². The number of amides is 2. The number of carbonyl (C=O) groups is 2. The van der Waals surface area contributed by atoms with E-state index < -0.39 is 0 Å². The van der Waals surface area contributed by atoms with E-state index >= 15 is 0 Å². The number of aryl methyl sites for hydroxylation is 1. The summed E-state index contributed by atoms with van der Waals surface area (Å²) in [6.45, 7) is 3.35. The fraction of sp³-hybridized carbons (Fsp3) is 0.267. The van der Waals surface area contributed by atoms with Gasteiger partial charge in [0.15, 0.2) is 5.13 Å². The number of carbonyl (C=O) groups excluding carboxylic acids is 2. The first-order valence-electron chi connectivity index (χ1n) is 6.64. The van der Waals surface area contributed by atoms with Crippen molar-refractivity contribution in [3.63, 3.8) is 0 Å². The SMILES string of the molecule is COc1ccc(C)cc1NC(=O)Cc1csc(NC(C)=O)n1. The second-order valence-electron chi connectivity index (χ2n) is 4.75. The molecule has 6 nitrogen and oxygen atoms in total. The third-order valence-corrected chi connectivity index (χ3v) is 3.61. The Morgan fingerprint density at radius 3 is 2.77 bits per heavy atom. The van der Waals surface area contributed by atoms with Gasteiger partial charge in [-0.15, -0.1) is 11.3 Å². The van der Waals surface area contributed by atoms with Gasteiger partial charge in [-0.1, -0.05) is 6.07 Å². The molecule has 0 aliphatic carbocycles. The van der Waals surface area contributed by atoms with Crippen molar-refractivity contribution in [2.75, 3.05) is 17.7 Å². The Hall–Kier alpha value is -2.41. The summed E-state index contributed by atoms with van der Waals surface area (Å²) in [6, 6.07) is 5.57. The van der Waals surface area contributed by atoms with E-state index in [2.05, 4.69) is 15.6 Å². The normalized spacial score (nSPS) is 10.1. The van der Waals surface area contributed by atoms with E-state index in [-0.39, 0.29) is 18.2 Å². The second-order valence-corrected chi connectivity index (χ2v) is 5.61. The van der Waals surface area contributed by atoms with E-state index in [1.807, 2.05) is 25.1 Å². The molecule has 0 unspecified atom stereocenters. The third kappa shape index (κ3) is 4.29. The molecule has 2 rings (SSSR count). The Bertz CT molecular complexity index is 697. The molecule has 116 valence electrons. The summed E-state index contributed by atoms with van der Waals surface area (Å²) in [5.74, 6) is 0.231. The molecule has 1 aromatic heterocycles. The van der Waals surface area contributed by atoms with Crippen molar-refractivity contribution in [1.29, 1.82) is 0 Å². The number of hydrogen-bond donors (Lipinski definition) is 2. The molecule has 0 fully saturated rings. The number of nitrogens with one attached hydrogen (secondary N) is 2. The maximum Gasteiger partial charge on any atom is 0.230 e. The summed E-state index contributed by atoms with van der Waals surface area (Å²) < 4.78 is 5.22. The highest BCUT2D eigenvalue weighted by Crippen LogP contribution is 2.25. The van der Waals surface area contributed by atoms with Crippen LogP contribution in [0.1, 0.15) is 18.2 Å². The standard InChI is InChI=1S/C15H17N3O3S/c1-9-4-5-13(21-3)12(6-9)18-14(20)7-11-8-22-15(17-11)16-10(2)19/h4-6,8H,7H2,1-3H3,(H,18,20)(H,16,17,19). The number of benzene rings is 1. The lowest BCUT2D eigenvalue weighted by Crippen LogP contribution is -2.15. The molecule has 0 radical (unpaired) electrons. The molecule has 1 heterocycles. The lowest BCUT2D eigenvalue weighted by molar-refractivity contribution is -0.116. The number of nitrogens with zero attached hydrogens (tertiary/aromatic N) is 1. The average Bonchev–Trinajstić information content (AvgIpc) is 2.85. The van der Waals surface area contributed by atoms with Crippen molar-refractivity contribution in [2.24, 2.45) is 0 Å².